The summed E-state index contributed by atoms with van der Waals surface area (Å²) in [5.41, 5.74) is 7.29. The minimum atomic E-state index is -0.934. The second-order valence-electron chi connectivity index (χ2n) is 5.64. The SMILES string of the molecule is COc1ccc2oc(C(=O)N[C@@H](C(N)=O)c3ccccc3)c(C)c2c1. The minimum Gasteiger partial charge on any atom is -0.497 e. The number of rotatable bonds is 5. The van der Waals surface area contributed by atoms with Crippen LogP contribution in [0.2, 0.25) is 0 Å². The van der Waals surface area contributed by atoms with E-state index < -0.39 is 17.9 Å². The van der Waals surface area contributed by atoms with E-state index in [1.807, 2.05) is 6.07 Å². The van der Waals surface area contributed by atoms with Crippen LogP contribution in [0.25, 0.3) is 11.0 Å². The van der Waals surface area contributed by atoms with Crippen molar-refractivity contribution in [2.75, 3.05) is 7.11 Å². The lowest BCUT2D eigenvalue weighted by Crippen LogP contribution is -2.37. The lowest BCUT2D eigenvalue weighted by atomic mass is 10.1. The highest BCUT2D eigenvalue weighted by molar-refractivity contribution is 6.01. The van der Waals surface area contributed by atoms with Gasteiger partial charge in [-0.2, -0.15) is 0 Å². The highest BCUT2D eigenvalue weighted by Crippen LogP contribution is 2.29. The molecule has 0 fully saturated rings. The molecule has 2 amide bonds. The van der Waals surface area contributed by atoms with Gasteiger partial charge in [0.15, 0.2) is 5.76 Å². The summed E-state index contributed by atoms with van der Waals surface area (Å²) in [4.78, 5) is 24.4. The van der Waals surface area contributed by atoms with Crippen LogP contribution in [0.1, 0.15) is 27.7 Å². The van der Waals surface area contributed by atoms with Gasteiger partial charge >= 0.3 is 0 Å². The Morgan fingerprint density at radius 2 is 1.88 bits per heavy atom. The summed E-state index contributed by atoms with van der Waals surface area (Å²) >= 11 is 0. The molecule has 128 valence electrons. The largest absolute Gasteiger partial charge is 0.497 e. The molecule has 0 aliphatic heterocycles. The van der Waals surface area contributed by atoms with Crippen LogP contribution < -0.4 is 15.8 Å². The lowest BCUT2D eigenvalue weighted by Gasteiger charge is -2.15. The molecule has 3 rings (SSSR count). The molecule has 6 heteroatoms. The fourth-order valence-corrected chi connectivity index (χ4v) is 2.70. The minimum absolute atomic E-state index is 0.144. The number of methoxy groups -OCH3 is 1. The molecule has 0 aliphatic rings. The Kier molecular flexibility index (Phi) is 4.43. The maximum absolute atomic E-state index is 12.6. The zero-order valence-corrected chi connectivity index (χ0v) is 13.9. The predicted octanol–water partition coefficient (Wildman–Crippen LogP) is 2.71. The average molecular weight is 338 g/mol. The molecule has 0 bridgehead atoms. The molecule has 1 aromatic heterocycles. The summed E-state index contributed by atoms with van der Waals surface area (Å²) in [6.45, 7) is 1.78. The van der Waals surface area contributed by atoms with Gasteiger partial charge in [-0.3, -0.25) is 9.59 Å². The van der Waals surface area contributed by atoms with E-state index in [1.165, 1.54) is 0 Å². The summed E-state index contributed by atoms with van der Waals surface area (Å²) in [5.74, 6) is -0.330. The molecule has 0 saturated heterocycles. The molecule has 3 aromatic rings. The topological polar surface area (TPSA) is 94.6 Å². The number of hydrogen-bond acceptors (Lipinski definition) is 4. The molecule has 3 N–H and O–H groups in total. The van der Waals surface area contributed by atoms with Crippen LogP contribution in [0.5, 0.6) is 5.75 Å². The summed E-state index contributed by atoms with van der Waals surface area (Å²) < 4.78 is 10.9. The van der Waals surface area contributed by atoms with E-state index in [9.17, 15) is 9.59 Å². The number of ether oxygens (including phenoxy) is 1. The van der Waals surface area contributed by atoms with E-state index in [1.54, 1.807) is 56.5 Å². The van der Waals surface area contributed by atoms with Crippen molar-refractivity contribution < 1.29 is 18.7 Å². The average Bonchev–Trinajstić information content (AvgIpc) is 2.96. The van der Waals surface area contributed by atoms with Crippen LogP contribution in [0.15, 0.2) is 52.9 Å². The molecule has 0 saturated carbocycles. The number of carbonyl (C=O) groups excluding carboxylic acids is 2. The molecule has 1 atom stereocenters. The van der Waals surface area contributed by atoms with E-state index in [2.05, 4.69) is 5.32 Å². The normalized spacial score (nSPS) is 11.9. The molecule has 0 unspecified atom stereocenters. The van der Waals surface area contributed by atoms with Gasteiger partial charge in [0.05, 0.1) is 7.11 Å². The van der Waals surface area contributed by atoms with Crippen molar-refractivity contribution in [1.82, 2.24) is 5.32 Å². The molecule has 0 spiro atoms. The number of furan rings is 1. The van der Waals surface area contributed by atoms with Crippen LogP contribution in [0.3, 0.4) is 0 Å². The van der Waals surface area contributed by atoms with Crippen molar-refractivity contribution in [1.29, 1.82) is 0 Å². The number of primary amides is 1. The number of aryl methyl sites for hydroxylation is 1. The molecule has 0 radical (unpaired) electrons. The fourth-order valence-electron chi connectivity index (χ4n) is 2.70. The fraction of sp³-hybridized carbons (Fsp3) is 0.158. The summed E-state index contributed by atoms with van der Waals surface area (Å²) in [6, 6.07) is 13.2. The van der Waals surface area contributed by atoms with E-state index >= 15 is 0 Å². The first-order valence-electron chi connectivity index (χ1n) is 7.73. The van der Waals surface area contributed by atoms with Crippen LogP contribution in [-0.4, -0.2) is 18.9 Å². The number of benzene rings is 2. The maximum Gasteiger partial charge on any atom is 0.288 e. The zero-order valence-electron chi connectivity index (χ0n) is 13.9. The molecular weight excluding hydrogens is 320 g/mol. The van der Waals surface area contributed by atoms with Crippen molar-refractivity contribution in [2.24, 2.45) is 5.73 Å². The van der Waals surface area contributed by atoms with Crippen molar-refractivity contribution in [2.45, 2.75) is 13.0 Å². The molecule has 25 heavy (non-hydrogen) atoms. The van der Waals surface area contributed by atoms with Crippen molar-refractivity contribution >= 4 is 22.8 Å². The first kappa shape index (κ1) is 16.6. The van der Waals surface area contributed by atoms with Gasteiger partial charge in [0.25, 0.3) is 5.91 Å². The van der Waals surface area contributed by atoms with Gasteiger partial charge in [-0.1, -0.05) is 30.3 Å². The Labute approximate surface area is 144 Å². The van der Waals surface area contributed by atoms with Gasteiger partial charge in [-0.25, -0.2) is 0 Å². The van der Waals surface area contributed by atoms with Crippen LogP contribution in [-0.2, 0) is 4.79 Å². The van der Waals surface area contributed by atoms with Crippen LogP contribution >= 0.6 is 0 Å². The molecule has 0 aliphatic carbocycles. The van der Waals surface area contributed by atoms with Crippen molar-refractivity contribution in [3.63, 3.8) is 0 Å². The van der Waals surface area contributed by atoms with E-state index in [0.29, 0.717) is 22.5 Å². The second-order valence-corrected chi connectivity index (χ2v) is 5.64. The molecule has 2 aromatic carbocycles. The van der Waals surface area contributed by atoms with Crippen molar-refractivity contribution in [3.05, 3.63) is 65.4 Å². The highest BCUT2D eigenvalue weighted by Gasteiger charge is 2.24. The third-order valence-corrected chi connectivity index (χ3v) is 4.04. The maximum atomic E-state index is 12.6. The Morgan fingerprint density at radius 1 is 1.16 bits per heavy atom. The van der Waals surface area contributed by atoms with Gasteiger partial charge in [-0.15, -0.1) is 0 Å². The number of amides is 2. The predicted molar refractivity (Wildman–Crippen MR) is 93.3 cm³/mol. The van der Waals surface area contributed by atoms with E-state index in [-0.39, 0.29) is 5.76 Å². The third-order valence-electron chi connectivity index (χ3n) is 4.04. The number of carbonyl (C=O) groups is 2. The Morgan fingerprint density at radius 3 is 2.52 bits per heavy atom. The number of nitrogens with one attached hydrogen (secondary N) is 1. The highest BCUT2D eigenvalue weighted by atomic mass is 16.5. The zero-order chi connectivity index (χ0) is 18.0. The van der Waals surface area contributed by atoms with Crippen LogP contribution in [0.4, 0.5) is 0 Å². The van der Waals surface area contributed by atoms with E-state index in [0.717, 1.165) is 5.39 Å². The quantitative estimate of drug-likeness (QED) is 0.748. The van der Waals surface area contributed by atoms with Gasteiger partial charge < -0.3 is 20.2 Å². The first-order valence-corrected chi connectivity index (χ1v) is 7.73. The Balaban J connectivity index is 1.93. The smallest absolute Gasteiger partial charge is 0.288 e. The summed E-state index contributed by atoms with van der Waals surface area (Å²) in [5, 5.41) is 3.42. The number of nitrogens with two attached hydrogens (primary N) is 1. The van der Waals surface area contributed by atoms with E-state index in [4.69, 9.17) is 14.9 Å². The van der Waals surface area contributed by atoms with Gasteiger partial charge in [-0.05, 0) is 30.7 Å². The van der Waals surface area contributed by atoms with Crippen LogP contribution in [0, 0.1) is 6.92 Å². The summed E-state index contributed by atoms with van der Waals surface area (Å²) in [6.07, 6.45) is 0. The van der Waals surface area contributed by atoms with Gasteiger partial charge in [0.1, 0.15) is 17.4 Å². The summed E-state index contributed by atoms with van der Waals surface area (Å²) in [7, 11) is 1.57. The Hall–Kier alpha value is -3.28. The van der Waals surface area contributed by atoms with Gasteiger partial charge in [0, 0.05) is 10.9 Å². The lowest BCUT2D eigenvalue weighted by molar-refractivity contribution is -0.120. The number of fused-ring (bicyclic) bond motifs is 1. The first-order chi connectivity index (χ1) is 12.0. The van der Waals surface area contributed by atoms with Gasteiger partial charge in [0.2, 0.25) is 5.91 Å². The molecular formula is C19H18N2O4. The second kappa shape index (κ2) is 6.68. The van der Waals surface area contributed by atoms with Crippen molar-refractivity contribution in [3.8, 4) is 5.75 Å². The Bertz CT molecular complexity index is 931. The third kappa shape index (κ3) is 3.19. The molecule has 6 nitrogen and oxygen atoms in total. The number of hydrogen-bond donors (Lipinski definition) is 2. The molecule has 1 heterocycles. The monoisotopic (exact) mass is 338 g/mol. The standard InChI is InChI=1S/C19H18N2O4/c1-11-14-10-13(24-2)8-9-15(14)25-17(11)19(23)21-16(18(20)22)12-6-4-3-5-7-12/h3-10,16H,1-2H3,(H2,20,22)(H,21,23)/t16-/m1/s1.